The number of hydrogen-bond acceptors (Lipinski definition) is 4. The second-order valence-electron chi connectivity index (χ2n) is 3.41. The highest BCUT2D eigenvalue weighted by Crippen LogP contribution is 2.19. The van der Waals surface area contributed by atoms with Crippen molar-refractivity contribution in [3.8, 4) is 11.6 Å². The van der Waals surface area contributed by atoms with E-state index in [0.29, 0.717) is 11.6 Å². The molecule has 4 heteroatoms. The first-order valence-electron chi connectivity index (χ1n) is 4.94. The first-order valence-corrected chi connectivity index (χ1v) is 4.94. The van der Waals surface area contributed by atoms with Gasteiger partial charge in [-0.25, -0.2) is 4.98 Å². The van der Waals surface area contributed by atoms with Gasteiger partial charge in [0.15, 0.2) is 0 Å². The van der Waals surface area contributed by atoms with Crippen molar-refractivity contribution in [1.29, 1.82) is 0 Å². The molecule has 0 saturated carbocycles. The molecular weight excluding hydrogens is 204 g/mol. The number of rotatable bonds is 3. The zero-order valence-corrected chi connectivity index (χ0v) is 8.92. The maximum atomic E-state index is 8.99. The number of benzene rings is 1. The molecule has 82 valence electrons. The number of hydrogen-bond donors (Lipinski definition) is 1. The Kier molecular flexibility index (Phi) is 3.12. The fourth-order valence-electron chi connectivity index (χ4n) is 1.32. The predicted molar refractivity (Wildman–Crippen MR) is 59.2 cm³/mol. The van der Waals surface area contributed by atoms with E-state index >= 15 is 0 Å². The molecule has 1 aromatic carbocycles. The topological polar surface area (TPSA) is 55.2 Å². The van der Waals surface area contributed by atoms with Crippen molar-refractivity contribution in [2.75, 3.05) is 0 Å². The minimum absolute atomic E-state index is 0.00328. The maximum Gasteiger partial charge on any atom is 0.238 e. The third kappa shape index (κ3) is 2.55. The molecule has 0 fully saturated rings. The highest BCUT2D eigenvalue weighted by molar-refractivity contribution is 5.30. The molecule has 0 radical (unpaired) electrons. The Bertz CT molecular complexity index is 486. The van der Waals surface area contributed by atoms with E-state index in [2.05, 4.69) is 9.97 Å². The lowest BCUT2D eigenvalue weighted by atomic mass is 10.2. The number of aryl methyl sites for hydroxylation is 1. The van der Waals surface area contributed by atoms with Gasteiger partial charge in [-0.2, -0.15) is 0 Å². The van der Waals surface area contributed by atoms with Crippen LogP contribution in [0.5, 0.6) is 11.6 Å². The summed E-state index contributed by atoms with van der Waals surface area (Å²) in [5.41, 5.74) is 1.61. The molecule has 1 N–H and O–H groups in total. The minimum atomic E-state index is -0.00328. The predicted octanol–water partition coefficient (Wildman–Crippen LogP) is 2.07. The Morgan fingerprint density at radius 3 is 2.94 bits per heavy atom. The smallest absolute Gasteiger partial charge is 0.238 e. The third-order valence-electron chi connectivity index (χ3n) is 2.04. The number of ether oxygens (including phenoxy) is 1. The van der Waals surface area contributed by atoms with Gasteiger partial charge in [0.25, 0.3) is 0 Å². The highest BCUT2D eigenvalue weighted by Gasteiger charge is 2.00. The van der Waals surface area contributed by atoms with Crippen molar-refractivity contribution in [3.05, 3.63) is 47.9 Å². The van der Waals surface area contributed by atoms with Crippen molar-refractivity contribution in [1.82, 2.24) is 9.97 Å². The van der Waals surface area contributed by atoms with Crippen LogP contribution in [0.3, 0.4) is 0 Å². The van der Waals surface area contributed by atoms with E-state index in [1.807, 2.05) is 25.1 Å². The Balaban J connectivity index is 2.20. The van der Waals surface area contributed by atoms with Gasteiger partial charge in [0.2, 0.25) is 5.88 Å². The van der Waals surface area contributed by atoms with E-state index in [1.165, 1.54) is 0 Å². The standard InChI is InChI=1S/C12H12N2O2/c1-9-6-13-7-12(14-9)16-11-4-2-3-10(5-11)8-15/h2-7,15H,8H2,1H3. The molecule has 1 aromatic heterocycles. The maximum absolute atomic E-state index is 8.99. The summed E-state index contributed by atoms with van der Waals surface area (Å²) in [6, 6.07) is 7.23. The lowest BCUT2D eigenvalue weighted by molar-refractivity contribution is 0.281. The van der Waals surface area contributed by atoms with Crippen LogP contribution < -0.4 is 4.74 Å². The van der Waals surface area contributed by atoms with E-state index in [1.54, 1.807) is 18.5 Å². The van der Waals surface area contributed by atoms with Crippen LogP contribution in [0, 0.1) is 6.92 Å². The zero-order valence-electron chi connectivity index (χ0n) is 8.92. The second kappa shape index (κ2) is 4.72. The lowest BCUT2D eigenvalue weighted by Crippen LogP contribution is -1.92. The van der Waals surface area contributed by atoms with Crippen LogP contribution in [0.15, 0.2) is 36.7 Å². The second-order valence-corrected chi connectivity index (χ2v) is 3.41. The number of aliphatic hydroxyl groups excluding tert-OH is 1. The molecule has 0 aliphatic heterocycles. The van der Waals surface area contributed by atoms with Crippen molar-refractivity contribution in [3.63, 3.8) is 0 Å². The molecule has 0 unspecified atom stereocenters. The quantitative estimate of drug-likeness (QED) is 0.853. The van der Waals surface area contributed by atoms with Crippen LogP contribution in [-0.4, -0.2) is 15.1 Å². The number of aromatic nitrogens is 2. The van der Waals surface area contributed by atoms with Crippen molar-refractivity contribution < 1.29 is 9.84 Å². The Labute approximate surface area is 93.6 Å². The van der Waals surface area contributed by atoms with Crippen LogP contribution in [0.1, 0.15) is 11.3 Å². The van der Waals surface area contributed by atoms with Gasteiger partial charge in [-0.15, -0.1) is 0 Å². The molecule has 4 nitrogen and oxygen atoms in total. The molecule has 0 amide bonds. The summed E-state index contributed by atoms with van der Waals surface area (Å²) in [6.07, 6.45) is 3.22. The normalized spacial score (nSPS) is 10.1. The number of nitrogens with zero attached hydrogens (tertiary/aromatic N) is 2. The number of aliphatic hydroxyl groups is 1. The highest BCUT2D eigenvalue weighted by atomic mass is 16.5. The Hall–Kier alpha value is -1.94. The average Bonchev–Trinajstić information content (AvgIpc) is 2.29. The third-order valence-corrected chi connectivity index (χ3v) is 2.04. The van der Waals surface area contributed by atoms with E-state index in [0.717, 1.165) is 11.3 Å². The molecule has 16 heavy (non-hydrogen) atoms. The fourth-order valence-corrected chi connectivity index (χ4v) is 1.32. The molecule has 0 saturated heterocycles. The van der Waals surface area contributed by atoms with Crippen LogP contribution in [0.2, 0.25) is 0 Å². The molecule has 0 spiro atoms. The monoisotopic (exact) mass is 216 g/mol. The lowest BCUT2D eigenvalue weighted by Gasteiger charge is -2.05. The SMILES string of the molecule is Cc1cncc(Oc2cccc(CO)c2)n1. The van der Waals surface area contributed by atoms with Crippen LogP contribution in [-0.2, 0) is 6.61 Å². The minimum Gasteiger partial charge on any atom is -0.437 e. The zero-order chi connectivity index (χ0) is 11.4. The van der Waals surface area contributed by atoms with Crippen molar-refractivity contribution in [2.24, 2.45) is 0 Å². The molecule has 0 bridgehead atoms. The van der Waals surface area contributed by atoms with Crippen LogP contribution in [0.25, 0.3) is 0 Å². The molecule has 0 aliphatic carbocycles. The van der Waals surface area contributed by atoms with Crippen LogP contribution >= 0.6 is 0 Å². The average molecular weight is 216 g/mol. The van der Waals surface area contributed by atoms with Gasteiger partial charge in [0, 0.05) is 6.20 Å². The van der Waals surface area contributed by atoms with Crippen LogP contribution in [0.4, 0.5) is 0 Å². The summed E-state index contributed by atoms with van der Waals surface area (Å²) < 4.78 is 5.52. The molecule has 0 atom stereocenters. The summed E-state index contributed by atoms with van der Waals surface area (Å²) >= 11 is 0. The summed E-state index contributed by atoms with van der Waals surface area (Å²) in [6.45, 7) is 1.85. The Morgan fingerprint density at radius 1 is 1.31 bits per heavy atom. The summed E-state index contributed by atoms with van der Waals surface area (Å²) in [4.78, 5) is 8.16. The summed E-state index contributed by atoms with van der Waals surface area (Å²) in [7, 11) is 0. The van der Waals surface area contributed by atoms with Gasteiger partial charge in [0.1, 0.15) is 5.75 Å². The molecule has 0 aliphatic rings. The molecule has 1 heterocycles. The van der Waals surface area contributed by atoms with Crippen molar-refractivity contribution in [2.45, 2.75) is 13.5 Å². The van der Waals surface area contributed by atoms with Crippen molar-refractivity contribution >= 4 is 0 Å². The van der Waals surface area contributed by atoms with E-state index in [4.69, 9.17) is 9.84 Å². The summed E-state index contributed by atoms with van der Waals surface area (Å²) in [5, 5.41) is 8.99. The molecular formula is C12H12N2O2. The van der Waals surface area contributed by atoms with Gasteiger partial charge in [-0.3, -0.25) is 4.98 Å². The Morgan fingerprint density at radius 2 is 2.19 bits per heavy atom. The molecule has 2 aromatic rings. The first kappa shape index (κ1) is 10.6. The first-order chi connectivity index (χ1) is 7.78. The van der Waals surface area contributed by atoms with E-state index < -0.39 is 0 Å². The van der Waals surface area contributed by atoms with Gasteiger partial charge in [-0.05, 0) is 24.6 Å². The summed E-state index contributed by atoms with van der Waals surface area (Å²) in [5.74, 6) is 1.10. The van der Waals surface area contributed by atoms with E-state index in [-0.39, 0.29) is 6.61 Å². The van der Waals surface area contributed by atoms with Gasteiger partial charge in [-0.1, -0.05) is 12.1 Å². The fraction of sp³-hybridized carbons (Fsp3) is 0.167. The largest absolute Gasteiger partial charge is 0.437 e. The van der Waals surface area contributed by atoms with Gasteiger partial charge in [0.05, 0.1) is 18.5 Å². The van der Waals surface area contributed by atoms with E-state index in [9.17, 15) is 0 Å². The molecule has 2 rings (SSSR count). The van der Waals surface area contributed by atoms with Gasteiger partial charge >= 0.3 is 0 Å². The van der Waals surface area contributed by atoms with Gasteiger partial charge < -0.3 is 9.84 Å².